The molecule has 1 aromatic carbocycles. The van der Waals surface area contributed by atoms with Gasteiger partial charge in [-0.1, -0.05) is 18.2 Å². The standard InChI is InChI=1S/C22H25N5O2/c28-14-17-13-27(21-23-8-3-9-24-21)15-22(17)6-10-26(11-7-22)20(29)19-12-16-4-1-2-5-18(16)25-19/h1-5,8-9,12,17,25,28H,6-7,10-11,13-15H2. The molecule has 1 unspecified atom stereocenters. The summed E-state index contributed by atoms with van der Waals surface area (Å²) >= 11 is 0. The molecule has 4 heterocycles. The number of likely N-dealkylation sites (tertiary alicyclic amines) is 1. The minimum Gasteiger partial charge on any atom is -0.396 e. The molecule has 0 radical (unpaired) electrons. The highest BCUT2D eigenvalue weighted by Gasteiger charge is 2.48. The highest BCUT2D eigenvalue weighted by molar-refractivity contribution is 5.98. The number of benzene rings is 1. The molecule has 7 nitrogen and oxygen atoms in total. The van der Waals surface area contributed by atoms with Crippen molar-refractivity contribution in [3.63, 3.8) is 0 Å². The number of nitrogens with one attached hydrogen (secondary N) is 1. The molecule has 2 saturated heterocycles. The van der Waals surface area contributed by atoms with Gasteiger partial charge in [0.05, 0.1) is 0 Å². The lowest BCUT2D eigenvalue weighted by atomic mass is 9.71. The summed E-state index contributed by atoms with van der Waals surface area (Å²) in [6.45, 7) is 3.15. The van der Waals surface area contributed by atoms with Crippen molar-refractivity contribution in [1.82, 2.24) is 19.9 Å². The predicted octanol–water partition coefficient (Wildman–Crippen LogP) is 2.31. The number of hydrogen-bond acceptors (Lipinski definition) is 5. The van der Waals surface area contributed by atoms with Crippen molar-refractivity contribution >= 4 is 22.8 Å². The van der Waals surface area contributed by atoms with Crippen LogP contribution in [0.25, 0.3) is 10.9 Å². The first-order valence-corrected chi connectivity index (χ1v) is 10.2. The second-order valence-corrected chi connectivity index (χ2v) is 8.23. The van der Waals surface area contributed by atoms with Crippen molar-refractivity contribution in [2.75, 3.05) is 37.7 Å². The third kappa shape index (κ3) is 3.15. The van der Waals surface area contributed by atoms with Gasteiger partial charge in [0.25, 0.3) is 5.91 Å². The normalized spacial score (nSPS) is 21.2. The minimum atomic E-state index is 0.00514. The molecule has 150 valence electrons. The van der Waals surface area contributed by atoms with E-state index < -0.39 is 0 Å². The number of H-pyrrole nitrogens is 1. The Kier molecular flexibility index (Phi) is 4.47. The van der Waals surface area contributed by atoms with Crippen LogP contribution in [0.1, 0.15) is 23.3 Å². The first-order valence-electron chi connectivity index (χ1n) is 10.2. The lowest BCUT2D eigenvalue weighted by Gasteiger charge is -2.42. The largest absolute Gasteiger partial charge is 0.396 e. The van der Waals surface area contributed by atoms with Crippen LogP contribution in [0.5, 0.6) is 0 Å². The molecule has 7 heteroatoms. The van der Waals surface area contributed by atoms with Crippen LogP contribution in [0.3, 0.4) is 0 Å². The van der Waals surface area contributed by atoms with Gasteiger partial charge in [-0.25, -0.2) is 9.97 Å². The number of aliphatic hydroxyl groups excluding tert-OH is 1. The second kappa shape index (κ2) is 7.15. The number of carbonyl (C=O) groups excluding carboxylic acids is 1. The number of aromatic nitrogens is 3. The van der Waals surface area contributed by atoms with Gasteiger partial charge in [-0.05, 0) is 36.5 Å². The van der Waals surface area contributed by atoms with E-state index in [0.29, 0.717) is 18.8 Å². The lowest BCUT2D eigenvalue weighted by Crippen LogP contribution is -2.47. The number of aliphatic hydroxyl groups is 1. The predicted molar refractivity (Wildman–Crippen MR) is 111 cm³/mol. The zero-order valence-electron chi connectivity index (χ0n) is 16.3. The summed E-state index contributed by atoms with van der Waals surface area (Å²) in [6.07, 6.45) is 5.27. The smallest absolute Gasteiger partial charge is 0.270 e. The van der Waals surface area contributed by atoms with Gasteiger partial charge in [-0.2, -0.15) is 0 Å². The van der Waals surface area contributed by atoms with E-state index in [1.807, 2.05) is 41.3 Å². The molecule has 2 aliphatic heterocycles. The molecule has 0 bridgehead atoms. The van der Waals surface area contributed by atoms with E-state index in [1.165, 1.54) is 0 Å². The summed E-state index contributed by atoms with van der Waals surface area (Å²) in [6, 6.07) is 11.7. The summed E-state index contributed by atoms with van der Waals surface area (Å²) in [5.41, 5.74) is 1.64. The van der Waals surface area contributed by atoms with Crippen LogP contribution in [0.15, 0.2) is 48.8 Å². The maximum absolute atomic E-state index is 13.0. The van der Waals surface area contributed by atoms with E-state index >= 15 is 0 Å². The van der Waals surface area contributed by atoms with Crippen LogP contribution in [0.4, 0.5) is 5.95 Å². The van der Waals surface area contributed by atoms with E-state index in [9.17, 15) is 9.90 Å². The monoisotopic (exact) mass is 391 g/mol. The maximum Gasteiger partial charge on any atom is 0.270 e. The minimum absolute atomic E-state index is 0.00514. The Hall–Kier alpha value is -2.93. The van der Waals surface area contributed by atoms with Crippen LogP contribution in [-0.4, -0.2) is 63.7 Å². The van der Waals surface area contributed by atoms with Crippen LogP contribution < -0.4 is 4.90 Å². The number of anilines is 1. The topological polar surface area (TPSA) is 85.4 Å². The second-order valence-electron chi connectivity index (χ2n) is 8.23. The Labute approximate surface area is 169 Å². The number of para-hydroxylation sites is 1. The van der Waals surface area contributed by atoms with E-state index in [2.05, 4.69) is 19.9 Å². The summed E-state index contributed by atoms with van der Waals surface area (Å²) in [7, 11) is 0. The van der Waals surface area contributed by atoms with E-state index in [0.717, 1.165) is 42.8 Å². The molecular weight excluding hydrogens is 366 g/mol. The first-order chi connectivity index (χ1) is 14.2. The quantitative estimate of drug-likeness (QED) is 0.716. The average Bonchev–Trinajstić information content (AvgIpc) is 3.36. The molecule has 2 aliphatic rings. The third-order valence-electron chi connectivity index (χ3n) is 6.67. The Morgan fingerprint density at radius 2 is 1.93 bits per heavy atom. The van der Waals surface area contributed by atoms with Crippen molar-refractivity contribution in [1.29, 1.82) is 0 Å². The summed E-state index contributed by atoms with van der Waals surface area (Å²) < 4.78 is 0. The highest BCUT2D eigenvalue weighted by Crippen LogP contribution is 2.45. The molecule has 2 N–H and O–H groups in total. The Morgan fingerprint density at radius 1 is 1.17 bits per heavy atom. The van der Waals surface area contributed by atoms with Gasteiger partial charge < -0.3 is 19.9 Å². The Morgan fingerprint density at radius 3 is 2.66 bits per heavy atom. The zero-order valence-corrected chi connectivity index (χ0v) is 16.3. The number of carbonyl (C=O) groups is 1. The fourth-order valence-electron chi connectivity index (χ4n) is 4.97. The van der Waals surface area contributed by atoms with Gasteiger partial charge in [0.1, 0.15) is 5.69 Å². The lowest BCUT2D eigenvalue weighted by molar-refractivity contribution is 0.0413. The van der Waals surface area contributed by atoms with E-state index in [1.54, 1.807) is 12.4 Å². The van der Waals surface area contributed by atoms with Crippen molar-refractivity contribution in [3.8, 4) is 0 Å². The van der Waals surface area contributed by atoms with Crippen LogP contribution >= 0.6 is 0 Å². The van der Waals surface area contributed by atoms with Gasteiger partial charge in [0.15, 0.2) is 0 Å². The maximum atomic E-state index is 13.0. The van der Waals surface area contributed by atoms with Crippen LogP contribution in [0, 0.1) is 11.3 Å². The van der Waals surface area contributed by atoms with Gasteiger partial charge in [-0.15, -0.1) is 0 Å². The molecular formula is C22H25N5O2. The van der Waals surface area contributed by atoms with E-state index in [4.69, 9.17) is 0 Å². The summed E-state index contributed by atoms with van der Waals surface area (Å²) in [5, 5.41) is 11.1. The fraction of sp³-hybridized carbons (Fsp3) is 0.409. The number of nitrogens with zero attached hydrogens (tertiary/aromatic N) is 4. The average molecular weight is 391 g/mol. The van der Waals surface area contributed by atoms with Crippen molar-refractivity contribution < 1.29 is 9.90 Å². The van der Waals surface area contributed by atoms with Gasteiger partial charge in [0.2, 0.25) is 5.95 Å². The number of hydrogen-bond donors (Lipinski definition) is 2. The molecule has 1 spiro atoms. The number of amides is 1. The molecule has 2 fully saturated rings. The van der Waals surface area contributed by atoms with Crippen LogP contribution in [-0.2, 0) is 0 Å². The van der Waals surface area contributed by atoms with Crippen molar-refractivity contribution in [2.24, 2.45) is 11.3 Å². The molecule has 3 aromatic rings. The Balaban J connectivity index is 1.30. The fourth-order valence-corrected chi connectivity index (χ4v) is 4.97. The van der Waals surface area contributed by atoms with Gasteiger partial charge in [-0.3, -0.25) is 4.79 Å². The molecule has 29 heavy (non-hydrogen) atoms. The first kappa shape index (κ1) is 18.1. The van der Waals surface area contributed by atoms with Gasteiger partial charge >= 0.3 is 0 Å². The molecule has 0 saturated carbocycles. The molecule has 0 aliphatic carbocycles. The highest BCUT2D eigenvalue weighted by atomic mass is 16.3. The van der Waals surface area contributed by atoms with Crippen LogP contribution in [0.2, 0.25) is 0 Å². The SMILES string of the molecule is O=C(c1cc2ccccc2[nH]1)N1CCC2(CC1)CN(c1ncccn1)CC2CO. The summed E-state index contributed by atoms with van der Waals surface area (Å²) in [4.78, 5) is 29.1. The van der Waals surface area contributed by atoms with Crippen molar-refractivity contribution in [3.05, 3.63) is 54.5 Å². The zero-order chi connectivity index (χ0) is 19.8. The van der Waals surface area contributed by atoms with Gasteiger partial charge in [0, 0.05) is 62.0 Å². The molecule has 1 atom stereocenters. The molecule has 2 aromatic heterocycles. The third-order valence-corrected chi connectivity index (χ3v) is 6.67. The number of aromatic amines is 1. The number of fused-ring (bicyclic) bond motifs is 1. The molecule has 5 rings (SSSR count). The van der Waals surface area contributed by atoms with Crippen molar-refractivity contribution in [2.45, 2.75) is 12.8 Å². The molecule has 1 amide bonds. The number of piperidine rings is 1. The number of rotatable bonds is 3. The Bertz CT molecular complexity index is 977. The van der Waals surface area contributed by atoms with E-state index in [-0.39, 0.29) is 23.8 Å². The summed E-state index contributed by atoms with van der Waals surface area (Å²) in [5.74, 6) is 0.953.